The van der Waals surface area contributed by atoms with Gasteiger partial charge in [0.05, 0.1) is 13.2 Å². The van der Waals surface area contributed by atoms with Crippen molar-refractivity contribution in [1.82, 2.24) is 4.90 Å². The molecule has 0 aromatic rings. The van der Waals surface area contributed by atoms with Gasteiger partial charge in [-0.15, -0.1) is 0 Å². The molecular weight excluding hydrogens is 194 g/mol. The highest BCUT2D eigenvalue weighted by Crippen LogP contribution is 2.27. The average Bonchev–Trinajstić information content (AvgIpc) is 3.00. The van der Waals surface area contributed by atoms with Crippen LogP contribution in [-0.4, -0.2) is 48.3 Å². The van der Waals surface area contributed by atoms with E-state index in [-0.39, 0.29) is 18.5 Å². The summed E-state index contributed by atoms with van der Waals surface area (Å²) in [6.07, 6.45) is 2.33. The fraction of sp³-hybridized carbons (Fsp3) is 0.909. The van der Waals surface area contributed by atoms with Gasteiger partial charge >= 0.3 is 5.97 Å². The first kappa shape index (κ1) is 12.5. The number of hydrogen-bond donors (Lipinski definition) is 1. The first-order valence-electron chi connectivity index (χ1n) is 5.67. The third-order valence-electron chi connectivity index (χ3n) is 2.56. The Bertz CT molecular complexity index is 204. The van der Waals surface area contributed by atoms with E-state index in [0.717, 1.165) is 19.4 Å². The minimum atomic E-state index is -0.158. The molecule has 0 heterocycles. The zero-order valence-corrected chi connectivity index (χ0v) is 9.61. The van der Waals surface area contributed by atoms with Crippen LogP contribution in [-0.2, 0) is 9.53 Å². The topological polar surface area (TPSA) is 49.8 Å². The minimum absolute atomic E-state index is 0.158. The van der Waals surface area contributed by atoms with Crippen molar-refractivity contribution in [1.29, 1.82) is 0 Å². The molecule has 1 unspecified atom stereocenters. The summed E-state index contributed by atoms with van der Waals surface area (Å²) in [5, 5.41) is 8.98. The highest BCUT2D eigenvalue weighted by Gasteiger charge is 2.31. The molecule has 0 amide bonds. The van der Waals surface area contributed by atoms with Gasteiger partial charge in [-0.1, -0.05) is 6.92 Å². The molecule has 0 aliphatic heterocycles. The molecule has 0 radical (unpaired) electrons. The fourth-order valence-corrected chi connectivity index (χ4v) is 1.61. The number of hydrogen-bond acceptors (Lipinski definition) is 4. The summed E-state index contributed by atoms with van der Waals surface area (Å²) in [5.41, 5.74) is 0. The summed E-state index contributed by atoms with van der Waals surface area (Å²) >= 11 is 0. The van der Waals surface area contributed by atoms with Gasteiger partial charge in [0.15, 0.2) is 0 Å². The third kappa shape index (κ3) is 4.62. The molecule has 88 valence electrons. The van der Waals surface area contributed by atoms with Gasteiger partial charge in [0.1, 0.15) is 0 Å². The normalized spacial score (nSPS) is 17.9. The van der Waals surface area contributed by atoms with Crippen LogP contribution in [0.1, 0.15) is 26.7 Å². The van der Waals surface area contributed by atoms with Crippen molar-refractivity contribution in [2.24, 2.45) is 5.92 Å². The van der Waals surface area contributed by atoms with Crippen LogP contribution in [0.3, 0.4) is 0 Å². The van der Waals surface area contributed by atoms with Gasteiger partial charge in [0.2, 0.25) is 0 Å². The van der Waals surface area contributed by atoms with E-state index in [1.165, 1.54) is 0 Å². The van der Waals surface area contributed by atoms with Crippen LogP contribution in [0.25, 0.3) is 0 Å². The molecule has 4 nitrogen and oxygen atoms in total. The van der Waals surface area contributed by atoms with Gasteiger partial charge in [-0.3, -0.25) is 9.69 Å². The van der Waals surface area contributed by atoms with Crippen LogP contribution in [0.5, 0.6) is 0 Å². The summed E-state index contributed by atoms with van der Waals surface area (Å²) in [7, 11) is 0. The number of rotatable bonds is 7. The zero-order valence-electron chi connectivity index (χ0n) is 9.61. The summed E-state index contributed by atoms with van der Waals surface area (Å²) in [5.74, 6) is 0.0644. The van der Waals surface area contributed by atoms with Gasteiger partial charge in [-0.25, -0.2) is 0 Å². The van der Waals surface area contributed by atoms with Gasteiger partial charge in [-0.05, 0) is 25.7 Å². The predicted octanol–water partition coefficient (Wildman–Crippen LogP) is 0.642. The summed E-state index contributed by atoms with van der Waals surface area (Å²) in [6.45, 7) is 5.55. The molecule has 1 aliphatic rings. The molecule has 1 N–H and O–H groups in total. The maximum Gasteiger partial charge on any atom is 0.320 e. The summed E-state index contributed by atoms with van der Waals surface area (Å²) in [4.78, 5) is 13.5. The molecule has 1 saturated carbocycles. The van der Waals surface area contributed by atoms with E-state index in [9.17, 15) is 4.79 Å². The Morgan fingerprint density at radius 1 is 1.60 bits per heavy atom. The number of carbonyl (C=O) groups is 1. The van der Waals surface area contributed by atoms with Crippen molar-refractivity contribution >= 4 is 5.97 Å². The maximum atomic E-state index is 11.3. The van der Waals surface area contributed by atoms with Gasteiger partial charge in [0.25, 0.3) is 0 Å². The molecule has 15 heavy (non-hydrogen) atoms. The van der Waals surface area contributed by atoms with Gasteiger partial charge in [0, 0.05) is 19.2 Å². The molecule has 4 heteroatoms. The van der Waals surface area contributed by atoms with Crippen LogP contribution in [0.15, 0.2) is 0 Å². The molecule has 1 atom stereocenters. The second-order valence-corrected chi connectivity index (χ2v) is 4.25. The van der Waals surface area contributed by atoms with Crippen LogP contribution in [0.4, 0.5) is 0 Å². The van der Waals surface area contributed by atoms with Crippen LogP contribution >= 0.6 is 0 Å². The Balaban J connectivity index is 2.33. The Morgan fingerprint density at radius 3 is 2.73 bits per heavy atom. The standard InChI is InChI=1S/C11H21NO3/c1-3-15-11(14)7-12(10-4-5-10)6-9(2)8-13/h9-10,13H,3-8H2,1-2H3. The SMILES string of the molecule is CCOC(=O)CN(CC(C)CO)C1CC1. The van der Waals surface area contributed by atoms with Crippen LogP contribution in [0, 0.1) is 5.92 Å². The van der Waals surface area contributed by atoms with E-state index in [2.05, 4.69) is 4.90 Å². The molecule has 1 rings (SSSR count). The Morgan fingerprint density at radius 2 is 2.27 bits per heavy atom. The predicted molar refractivity (Wildman–Crippen MR) is 57.5 cm³/mol. The lowest BCUT2D eigenvalue weighted by molar-refractivity contribution is -0.144. The molecule has 0 aromatic heterocycles. The van der Waals surface area contributed by atoms with Crippen molar-refractivity contribution in [3.8, 4) is 0 Å². The maximum absolute atomic E-state index is 11.3. The van der Waals surface area contributed by atoms with E-state index in [1.807, 2.05) is 13.8 Å². The number of carbonyl (C=O) groups excluding carboxylic acids is 1. The number of aliphatic hydroxyl groups is 1. The van der Waals surface area contributed by atoms with Gasteiger partial charge < -0.3 is 9.84 Å². The average molecular weight is 215 g/mol. The van der Waals surface area contributed by atoms with E-state index < -0.39 is 0 Å². The lowest BCUT2D eigenvalue weighted by Crippen LogP contribution is -2.37. The Hall–Kier alpha value is -0.610. The van der Waals surface area contributed by atoms with E-state index in [0.29, 0.717) is 19.2 Å². The first-order valence-corrected chi connectivity index (χ1v) is 5.67. The Labute approximate surface area is 91.2 Å². The van der Waals surface area contributed by atoms with Crippen molar-refractivity contribution < 1.29 is 14.6 Å². The molecule has 0 aromatic carbocycles. The molecule has 0 saturated heterocycles. The first-order chi connectivity index (χ1) is 7.17. The molecular formula is C11H21NO3. The molecule has 1 aliphatic carbocycles. The van der Waals surface area contributed by atoms with Crippen LogP contribution < -0.4 is 0 Å². The molecule has 0 bridgehead atoms. The second-order valence-electron chi connectivity index (χ2n) is 4.25. The lowest BCUT2D eigenvalue weighted by Gasteiger charge is -2.23. The fourth-order valence-electron chi connectivity index (χ4n) is 1.61. The third-order valence-corrected chi connectivity index (χ3v) is 2.56. The summed E-state index contributed by atoms with van der Waals surface area (Å²) < 4.78 is 4.92. The number of aliphatic hydroxyl groups excluding tert-OH is 1. The van der Waals surface area contributed by atoms with E-state index in [1.54, 1.807) is 0 Å². The largest absolute Gasteiger partial charge is 0.465 e. The zero-order chi connectivity index (χ0) is 11.3. The second kappa shape index (κ2) is 6.08. The lowest BCUT2D eigenvalue weighted by atomic mass is 10.2. The van der Waals surface area contributed by atoms with Crippen molar-refractivity contribution in [3.05, 3.63) is 0 Å². The van der Waals surface area contributed by atoms with Crippen LogP contribution in [0.2, 0.25) is 0 Å². The monoisotopic (exact) mass is 215 g/mol. The quantitative estimate of drug-likeness (QED) is 0.633. The highest BCUT2D eigenvalue weighted by molar-refractivity contribution is 5.71. The van der Waals surface area contributed by atoms with Crippen molar-refractivity contribution in [3.63, 3.8) is 0 Å². The minimum Gasteiger partial charge on any atom is -0.465 e. The number of esters is 1. The summed E-state index contributed by atoms with van der Waals surface area (Å²) in [6, 6.07) is 0.531. The number of ether oxygens (including phenoxy) is 1. The highest BCUT2D eigenvalue weighted by atomic mass is 16.5. The number of nitrogens with zero attached hydrogens (tertiary/aromatic N) is 1. The van der Waals surface area contributed by atoms with Gasteiger partial charge in [-0.2, -0.15) is 0 Å². The van der Waals surface area contributed by atoms with Crippen molar-refractivity contribution in [2.45, 2.75) is 32.7 Å². The molecule has 0 spiro atoms. The smallest absolute Gasteiger partial charge is 0.320 e. The van der Waals surface area contributed by atoms with E-state index >= 15 is 0 Å². The molecule has 1 fully saturated rings. The van der Waals surface area contributed by atoms with Crippen molar-refractivity contribution in [2.75, 3.05) is 26.3 Å². The van der Waals surface area contributed by atoms with E-state index in [4.69, 9.17) is 9.84 Å². The Kier molecular flexibility index (Phi) is 5.05.